The maximum Gasteiger partial charge on any atom is 0.306 e. The van der Waals surface area contributed by atoms with E-state index in [1.54, 1.807) is 0 Å². The summed E-state index contributed by atoms with van der Waals surface area (Å²) in [5.74, 6) is -0.202. The Kier molecular flexibility index (Phi) is 33.6. The van der Waals surface area contributed by atoms with Crippen LogP contribution in [0.1, 0.15) is 187 Å². The first kappa shape index (κ1) is 39.1. The highest BCUT2D eigenvalue weighted by atomic mass is 16.6. The monoisotopic (exact) mass is 567 g/mol. The van der Waals surface area contributed by atoms with Gasteiger partial charge in [-0.1, -0.05) is 154 Å². The summed E-state index contributed by atoms with van der Waals surface area (Å²) in [6, 6.07) is 0. The molecule has 4 heteroatoms. The molecule has 1 unspecified atom stereocenters. The minimum Gasteiger partial charge on any atom is -0.457 e. The average molecular weight is 567 g/mol. The lowest BCUT2D eigenvalue weighted by molar-refractivity contribution is -0.154. The number of rotatable bonds is 33. The van der Waals surface area contributed by atoms with E-state index in [1.165, 1.54) is 148 Å². The van der Waals surface area contributed by atoms with Gasteiger partial charge in [0.2, 0.25) is 0 Å². The van der Waals surface area contributed by atoms with Crippen LogP contribution in [0.2, 0.25) is 0 Å². The van der Waals surface area contributed by atoms with Gasteiger partial charge in [-0.25, -0.2) is 0 Å². The summed E-state index contributed by atoms with van der Waals surface area (Å²) in [6.45, 7) is 5.34. The van der Waals surface area contributed by atoms with Crippen molar-refractivity contribution < 1.29 is 19.4 Å². The number of aliphatic hydroxyl groups is 1. The number of ether oxygens (including phenoxy) is 2. The molecule has 0 saturated carbocycles. The second-order valence-electron chi connectivity index (χ2n) is 11.9. The van der Waals surface area contributed by atoms with Gasteiger partial charge in [-0.05, 0) is 38.5 Å². The van der Waals surface area contributed by atoms with Crippen molar-refractivity contribution in [1.82, 2.24) is 0 Å². The van der Waals surface area contributed by atoms with Crippen LogP contribution in [0.4, 0.5) is 0 Å². The molecule has 0 rings (SSSR count). The third kappa shape index (κ3) is 31.7. The van der Waals surface area contributed by atoms with Crippen molar-refractivity contribution in [3.8, 4) is 0 Å². The number of aliphatic hydroxyl groups excluding tert-OH is 1. The topological polar surface area (TPSA) is 55.8 Å². The molecule has 0 bridgehead atoms. The van der Waals surface area contributed by atoms with Crippen LogP contribution in [-0.2, 0) is 14.3 Å². The second kappa shape index (κ2) is 34.3. The number of carbonyl (C=O) groups excluding carboxylic acids is 1. The zero-order valence-corrected chi connectivity index (χ0v) is 27.1. The van der Waals surface area contributed by atoms with Gasteiger partial charge in [0, 0.05) is 13.0 Å². The van der Waals surface area contributed by atoms with Gasteiger partial charge < -0.3 is 14.6 Å². The molecule has 0 aromatic rings. The lowest BCUT2D eigenvalue weighted by Gasteiger charge is -2.16. The van der Waals surface area contributed by atoms with Crippen molar-refractivity contribution in [3.05, 3.63) is 12.2 Å². The summed E-state index contributed by atoms with van der Waals surface area (Å²) in [7, 11) is 0. The van der Waals surface area contributed by atoms with Gasteiger partial charge in [-0.3, -0.25) is 4.79 Å². The van der Waals surface area contributed by atoms with E-state index in [0.29, 0.717) is 19.6 Å². The Morgan fingerprint density at radius 1 is 0.575 bits per heavy atom. The molecule has 238 valence electrons. The van der Waals surface area contributed by atoms with Crippen LogP contribution < -0.4 is 0 Å². The van der Waals surface area contributed by atoms with Gasteiger partial charge >= 0.3 is 5.97 Å². The van der Waals surface area contributed by atoms with Crippen molar-refractivity contribution in [2.24, 2.45) is 0 Å². The number of hydrogen-bond acceptors (Lipinski definition) is 4. The van der Waals surface area contributed by atoms with Crippen LogP contribution in [0.5, 0.6) is 0 Å². The Morgan fingerprint density at radius 3 is 1.43 bits per heavy atom. The number of carbonyl (C=O) groups is 1. The summed E-state index contributed by atoms with van der Waals surface area (Å²) >= 11 is 0. The zero-order valence-electron chi connectivity index (χ0n) is 27.1. The van der Waals surface area contributed by atoms with E-state index < -0.39 is 6.10 Å². The minimum atomic E-state index is -0.526. The smallest absolute Gasteiger partial charge is 0.306 e. The zero-order chi connectivity index (χ0) is 29.2. The van der Waals surface area contributed by atoms with Crippen LogP contribution in [-0.4, -0.2) is 37.0 Å². The Morgan fingerprint density at radius 2 is 0.975 bits per heavy atom. The Balaban J connectivity index is 3.40. The first-order valence-electron chi connectivity index (χ1n) is 17.8. The Bertz CT molecular complexity index is 519. The fourth-order valence-electron chi connectivity index (χ4n) is 5.15. The minimum absolute atomic E-state index is 0.168. The molecule has 0 fully saturated rings. The molecule has 40 heavy (non-hydrogen) atoms. The van der Waals surface area contributed by atoms with Crippen molar-refractivity contribution >= 4 is 5.97 Å². The molecule has 0 heterocycles. The second-order valence-corrected chi connectivity index (χ2v) is 11.9. The quantitative estimate of drug-likeness (QED) is 0.0487. The first-order valence-corrected chi connectivity index (χ1v) is 17.8. The fourth-order valence-corrected chi connectivity index (χ4v) is 5.15. The molecular formula is C36H70O4. The van der Waals surface area contributed by atoms with Crippen molar-refractivity contribution in [1.29, 1.82) is 0 Å². The predicted molar refractivity (Wildman–Crippen MR) is 173 cm³/mol. The summed E-state index contributed by atoms with van der Waals surface area (Å²) < 4.78 is 11.1. The van der Waals surface area contributed by atoms with E-state index in [1.807, 2.05) is 0 Å². The van der Waals surface area contributed by atoms with Gasteiger partial charge in [-0.2, -0.15) is 0 Å². The van der Waals surface area contributed by atoms with Crippen LogP contribution in [0.15, 0.2) is 12.2 Å². The molecule has 0 aromatic heterocycles. The van der Waals surface area contributed by atoms with Gasteiger partial charge in [-0.15, -0.1) is 0 Å². The SMILES string of the molecule is CCCCCCCC/C=C\CCCCCCCCCCCC(=O)OC(CO)COCCCCCCCCCCC. The van der Waals surface area contributed by atoms with Crippen molar-refractivity contribution in [2.75, 3.05) is 19.8 Å². The average Bonchev–Trinajstić information content (AvgIpc) is 2.96. The number of hydrogen-bond donors (Lipinski definition) is 1. The third-order valence-electron chi connectivity index (χ3n) is 7.84. The molecule has 0 aromatic carbocycles. The van der Waals surface area contributed by atoms with Crippen molar-refractivity contribution in [2.45, 2.75) is 193 Å². The first-order chi connectivity index (χ1) is 19.7. The molecule has 1 atom stereocenters. The molecule has 0 aliphatic heterocycles. The van der Waals surface area contributed by atoms with Gasteiger partial charge in [0.15, 0.2) is 0 Å². The lowest BCUT2D eigenvalue weighted by Crippen LogP contribution is -2.27. The van der Waals surface area contributed by atoms with Crippen LogP contribution in [0.25, 0.3) is 0 Å². The largest absolute Gasteiger partial charge is 0.457 e. The van der Waals surface area contributed by atoms with Crippen LogP contribution in [0, 0.1) is 0 Å². The Labute approximate surface area is 250 Å². The highest BCUT2D eigenvalue weighted by Gasteiger charge is 2.13. The molecule has 0 amide bonds. The van der Waals surface area contributed by atoms with E-state index in [9.17, 15) is 9.90 Å². The molecule has 0 aliphatic carbocycles. The van der Waals surface area contributed by atoms with Gasteiger partial charge in [0.1, 0.15) is 6.10 Å². The van der Waals surface area contributed by atoms with Crippen molar-refractivity contribution in [3.63, 3.8) is 0 Å². The summed E-state index contributed by atoms with van der Waals surface area (Å²) in [6.07, 6.45) is 38.2. The van der Waals surface area contributed by atoms with Crippen LogP contribution >= 0.6 is 0 Å². The number of esters is 1. The predicted octanol–water partition coefficient (Wildman–Crippen LogP) is 11.0. The number of allylic oxidation sites excluding steroid dienone is 2. The van der Waals surface area contributed by atoms with E-state index >= 15 is 0 Å². The lowest BCUT2D eigenvalue weighted by atomic mass is 10.1. The molecule has 4 nitrogen and oxygen atoms in total. The van der Waals surface area contributed by atoms with Crippen LogP contribution in [0.3, 0.4) is 0 Å². The van der Waals surface area contributed by atoms with E-state index in [-0.39, 0.29) is 12.6 Å². The van der Waals surface area contributed by atoms with E-state index in [4.69, 9.17) is 9.47 Å². The normalized spacial score (nSPS) is 12.4. The Hall–Kier alpha value is -0.870. The molecule has 0 radical (unpaired) electrons. The molecule has 0 saturated heterocycles. The standard InChI is InChI=1S/C36H70O4/c1-3-5-7-9-11-13-14-15-16-17-18-19-20-21-22-23-25-27-29-31-36(38)40-35(33-37)34-39-32-30-28-26-24-12-10-8-6-4-2/h15-16,35,37H,3-14,17-34H2,1-2H3/b16-15-. The van der Waals surface area contributed by atoms with Gasteiger partial charge in [0.05, 0.1) is 13.2 Å². The maximum absolute atomic E-state index is 12.1. The third-order valence-corrected chi connectivity index (χ3v) is 7.84. The molecule has 1 N–H and O–H groups in total. The summed E-state index contributed by atoms with van der Waals surface area (Å²) in [5.41, 5.74) is 0. The fraction of sp³-hybridized carbons (Fsp3) is 0.917. The summed E-state index contributed by atoms with van der Waals surface area (Å²) in [4.78, 5) is 12.1. The van der Waals surface area contributed by atoms with Gasteiger partial charge in [0.25, 0.3) is 0 Å². The number of unbranched alkanes of at least 4 members (excludes halogenated alkanes) is 23. The highest BCUT2D eigenvalue weighted by Crippen LogP contribution is 2.13. The molecule has 0 aliphatic rings. The maximum atomic E-state index is 12.1. The van der Waals surface area contributed by atoms with E-state index in [2.05, 4.69) is 26.0 Å². The summed E-state index contributed by atoms with van der Waals surface area (Å²) in [5, 5.41) is 9.51. The highest BCUT2D eigenvalue weighted by molar-refractivity contribution is 5.69. The van der Waals surface area contributed by atoms with E-state index in [0.717, 1.165) is 19.3 Å². The molecular weight excluding hydrogens is 496 g/mol. The molecule has 0 spiro atoms.